The Kier molecular flexibility index (Phi) is 9.48. The molecule has 12 nitrogen and oxygen atoms in total. The number of hydrogen-bond donors (Lipinski definition) is 4. The van der Waals surface area contributed by atoms with Crippen LogP contribution in [0.15, 0.2) is 47.2 Å². The maximum atomic E-state index is 10.6. The van der Waals surface area contributed by atoms with Crippen LogP contribution in [0.2, 0.25) is 0 Å². The first-order chi connectivity index (χ1) is 19.2. The molecule has 1 fully saturated rings. The molecule has 5 rings (SSSR count). The minimum Gasteiger partial charge on any atom is -0.475 e. The highest BCUT2D eigenvalue weighted by Gasteiger charge is 2.39. The zero-order valence-electron chi connectivity index (χ0n) is 20.6. The second kappa shape index (κ2) is 12.6. The van der Waals surface area contributed by atoms with Gasteiger partial charge in [0.2, 0.25) is 0 Å². The molecule has 3 aromatic heterocycles. The van der Waals surface area contributed by atoms with Crippen LogP contribution in [0, 0.1) is 0 Å². The molecule has 0 bridgehead atoms. The van der Waals surface area contributed by atoms with E-state index in [-0.39, 0.29) is 5.82 Å². The Morgan fingerprint density at radius 1 is 0.927 bits per heavy atom. The summed E-state index contributed by atoms with van der Waals surface area (Å²) in [6.45, 7) is 1.93. The molecule has 4 aromatic rings. The molecule has 41 heavy (non-hydrogen) atoms. The summed E-state index contributed by atoms with van der Waals surface area (Å²) in [4.78, 5) is 27.3. The smallest absolute Gasteiger partial charge is 0.475 e. The number of carboxylic acid groups (broad SMARTS) is 2. The van der Waals surface area contributed by atoms with Gasteiger partial charge in [0.25, 0.3) is 0 Å². The first-order valence-electron chi connectivity index (χ1n) is 11.5. The first kappa shape index (κ1) is 30.8. The maximum Gasteiger partial charge on any atom is 0.490 e. The summed E-state index contributed by atoms with van der Waals surface area (Å²) in [5, 5.41) is 25.4. The Bertz CT molecular complexity index is 1460. The molecule has 1 aromatic carbocycles. The summed E-state index contributed by atoms with van der Waals surface area (Å²) in [7, 11) is 0. The van der Waals surface area contributed by atoms with E-state index in [0.717, 1.165) is 48.2 Å². The second-order valence-corrected chi connectivity index (χ2v) is 8.28. The van der Waals surface area contributed by atoms with Crippen LogP contribution < -0.4 is 11.1 Å². The number of benzene rings is 1. The largest absolute Gasteiger partial charge is 0.490 e. The Balaban J connectivity index is 0.000000276. The van der Waals surface area contributed by atoms with Gasteiger partial charge in [0.15, 0.2) is 17.3 Å². The monoisotopic (exact) mass is 589 g/mol. The van der Waals surface area contributed by atoms with Crippen molar-refractivity contribution in [2.24, 2.45) is 0 Å². The number of nitrogen functional groups attached to an aromatic ring is 1. The predicted molar refractivity (Wildman–Crippen MR) is 129 cm³/mol. The van der Waals surface area contributed by atoms with Crippen molar-refractivity contribution in [2.75, 3.05) is 18.8 Å². The lowest BCUT2D eigenvalue weighted by Crippen LogP contribution is -2.29. The lowest BCUT2D eigenvalue weighted by molar-refractivity contribution is -0.193. The van der Waals surface area contributed by atoms with Crippen molar-refractivity contribution >= 4 is 28.8 Å². The molecule has 0 radical (unpaired) electrons. The van der Waals surface area contributed by atoms with Gasteiger partial charge in [0.05, 0.1) is 11.2 Å². The summed E-state index contributed by atoms with van der Waals surface area (Å²) < 4.78 is 70.5. The van der Waals surface area contributed by atoms with Crippen LogP contribution in [-0.4, -0.2) is 72.4 Å². The molecule has 18 heteroatoms. The predicted octanol–water partition coefficient (Wildman–Crippen LogP) is 3.92. The first-order valence-corrected chi connectivity index (χ1v) is 11.5. The highest BCUT2D eigenvalue weighted by molar-refractivity contribution is 5.92. The Hall–Kier alpha value is -4.74. The van der Waals surface area contributed by atoms with Gasteiger partial charge in [0.1, 0.15) is 5.52 Å². The minimum absolute atomic E-state index is 0.245. The third kappa shape index (κ3) is 7.68. The van der Waals surface area contributed by atoms with Gasteiger partial charge in [-0.3, -0.25) is 4.98 Å². The molecular weight excluding hydrogens is 568 g/mol. The van der Waals surface area contributed by atoms with Crippen molar-refractivity contribution in [2.45, 2.75) is 31.2 Å². The number of fused-ring (bicyclic) bond motifs is 1. The maximum absolute atomic E-state index is 10.6. The number of nitrogens with one attached hydrogen (secondary N) is 1. The van der Waals surface area contributed by atoms with Gasteiger partial charge in [-0.25, -0.2) is 19.2 Å². The quantitative estimate of drug-likeness (QED) is 0.254. The average Bonchev–Trinajstić information content (AvgIpc) is 3.52. The van der Waals surface area contributed by atoms with E-state index in [0.29, 0.717) is 17.6 Å². The molecular formula is C23H21F6N7O5. The molecule has 0 saturated carbocycles. The number of piperidine rings is 1. The third-order valence-electron chi connectivity index (χ3n) is 5.54. The highest BCUT2D eigenvalue weighted by Crippen LogP contribution is 2.36. The molecule has 5 N–H and O–H groups in total. The average molecular weight is 589 g/mol. The number of pyridine rings is 1. The Labute approximate surface area is 225 Å². The third-order valence-corrected chi connectivity index (χ3v) is 5.54. The van der Waals surface area contributed by atoms with Gasteiger partial charge in [-0.05, 0) is 42.3 Å². The number of nitrogens with two attached hydrogens (primary N) is 1. The van der Waals surface area contributed by atoms with Gasteiger partial charge in [-0.15, -0.1) is 0 Å². The van der Waals surface area contributed by atoms with Crippen LogP contribution >= 0.6 is 0 Å². The van der Waals surface area contributed by atoms with E-state index in [2.05, 4.69) is 25.2 Å². The number of aliphatic carboxylic acids is 2. The van der Waals surface area contributed by atoms with E-state index in [1.807, 2.05) is 42.6 Å². The second-order valence-electron chi connectivity index (χ2n) is 8.28. The number of aromatic nitrogens is 5. The van der Waals surface area contributed by atoms with Crippen molar-refractivity contribution in [3.05, 3.63) is 42.6 Å². The lowest BCUT2D eigenvalue weighted by Gasteiger charge is -2.25. The van der Waals surface area contributed by atoms with E-state index in [1.54, 1.807) is 0 Å². The molecule has 1 aliphatic heterocycles. The van der Waals surface area contributed by atoms with E-state index >= 15 is 0 Å². The molecule has 1 aliphatic rings. The van der Waals surface area contributed by atoms with Crippen molar-refractivity contribution in [3.63, 3.8) is 0 Å². The van der Waals surface area contributed by atoms with E-state index in [9.17, 15) is 26.3 Å². The summed E-state index contributed by atoms with van der Waals surface area (Å²) >= 11 is 0. The van der Waals surface area contributed by atoms with Crippen LogP contribution in [-0.2, 0) is 9.59 Å². The molecule has 0 unspecified atom stereocenters. The number of carbonyl (C=O) groups is 2. The number of carboxylic acids is 2. The number of nitrogens with zero attached hydrogens (tertiary/aromatic N) is 5. The van der Waals surface area contributed by atoms with Gasteiger partial charge < -0.3 is 25.8 Å². The number of imidazole rings is 1. The van der Waals surface area contributed by atoms with Gasteiger partial charge in [-0.2, -0.15) is 26.3 Å². The standard InChI is InChI=1S/C19H19N7O.2C2HF3O2/c20-18-17(24-27-25-18)19-23-16-14(26(19)13-6-9-21-10-7-13)8-11-22-15(16)12-4-2-1-3-5-12;2*3-2(4,5)1(6)7/h1-5,8,11,13,21H,6-7,9-10H2,(H2,20,25);2*(H,6,7). The normalized spacial score (nSPS) is 14.0. The van der Waals surface area contributed by atoms with Gasteiger partial charge in [-0.1, -0.05) is 30.3 Å². The zero-order chi connectivity index (χ0) is 30.4. The van der Waals surface area contributed by atoms with Crippen LogP contribution in [0.5, 0.6) is 0 Å². The van der Waals surface area contributed by atoms with Crippen LogP contribution in [0.4, 0.5) is 32.2 Å². The summed E-state index contributed by atoms with van der Waals surface area (Å²) in [5.74, 6) is -4.59. The number of alkyl halides is 6. The summed E-state index contributed by atoms with van der Waals surface area (Å²) in [6.07, 6.45) is -6.32. The molecule has 1 saturated heterocycles. The van der Waals surface area contributed by atoms with Crippen LogP contribution in [0.1, 0.15) is 18.9 Å². The molecule has 0 amide bonds. The minimum atomic E-state index is -5.08. The molecule has 220 valence electrons. The zero-order valence-corrected chi connectivity index (χ0v) is 20.6. The molecule has 0 spiro atoms. The Morgan fingerprint density at radius 2 is 1.49 bits per heavy atom. The number of halogens is 6. The number of rotatable bonds is 3. The van der Waals surface area contributed by atoms with Crippen molar-refractivity contribution in [3.8, 4) is 22.8 Å². The van der Waals surface area contributed by atoms with Crippen molar-refractivity contribution in [1.82, 2.24) is 30.2 Å². The number of hydrogen-bond acceptors (Lipinski definition) is 9. The van der Waals surface area contributed by atoms with Gasteiger partial charge in [0, 0.05) is 17.8 Å². The summed E-state index contributed by atoms with van der Waals surface area (Å²) in [5.41, 5.74) is 10.2. The topological polar surface area (TPSA) is 182 Å². The van der Waals surface area contributed by atoms with Crippen LogP contribution in [0.25, 0.3) is 33.8 Å². The summed E-state index contributed by atoms with van der Waals surface area (Å²) in [6, 6.07) is 12.4. The highest BCUT2D eigenvalue weighted by atomic mass is 19.4. The molecule has 0 atom stereocenters. The van der Waals surface area contributed by atoms with Crippen molar-refractivity contribution < 1.29 is 50.8 Å². The fourth-order valence-electron chi connectivity index (χ4n) is 3.78. The fraction of sp³-hybridized carbons (Fsp3) is 0.304. The molecule has 0 aliphatic carbocycles. The van der Waals surface area contributed by atoms with E-state index in [1.165, 1.54) is 0 Å². The fourth-order valence-corrected chi connectivity index (χ4v) is 3.78. The van der Waals surface area contributed by atoms with E-state index < -0.39 is 24.3 Å². The molecule has 4 heterocycles. The van der Waals surface area contributed by atoms with E-state index in [4.69, 9.17) is 35.1 Å². The Morgan fingerprint density at radius 3 is 1.98 bits per heavy atom. The lowest BCUT2D eigenvalue weighted by atomic mass is 10.1. The van der Waals surface area contributed by atoms with Crippen molar-refractivity contribution in [1.29, 1.82) is 0 Å². The SMILES string of the molecule is Nc1nonc1-c1nc2c(-c3ccccc3)nccc2n1C1CCNCC1.O=C(O)C(F)(F)F.O=C(O)C(F)(F)F. The number of anilines is 1. The van der Waals surface area contributed by atoms with Gasteiger partial charge >= 0.3 is 24.3 Å². The van der Waals surface area contributed by atoms with Crippen LogP contribution in [0.3, 0.4) is 0 Å².